The van der Waals surface area contributed by atoms with Crippen molar-refractivity contribution in [2.75, 3.05) is 6.54 Å². The van der Waals surface area contributed by atoms with Gasteiger partial charge >= 0.3 is 0 Å². The summed E-state index contributed by atoms with van der Waals surface area (Å²) in [7, 11) is 0. The van der Waals surface area contributed by atoms with E-state index in [1.165, 1.54) is 4.21 Å². The van der Waals surface area contributed by atoms with Crippen molar-refractivity contribution in [3.05, 3.63) is 17.5 Å². The Hall–Kier alpha value is 0.01000. The zero-order chi connectivity index (χ0) is 8.32. The van der Waals surface area contributed by atoms with Crippen LogP contribution < -0.4 is 5.73 Å². The molecule has 1 nitrogen and oxygen atoms in total. The standard InChI is InChI=1S/C8H13NS2/c1-8(2,6-9)11-7-4-3-5-10-7/h3-5H,6,9H2,1-2H3. The molecule has 0 spiro atoms. The summed E-state index contributed by atoms with van der Waals surface area (Å²) in [6.45, 7) is 5.05. The molecular formula is C8H13NS2. The summed E-state index contributed by atoms with van der Waals surface area (Å²) in [5.74, 6) is 0. The molecule has 2 N–H and O–H groups in total. The van der Waals surface area contributed by atoms with Gasteiger partial charge in [-0.05, 0) is 25.3 Å². The average molecular weight is 187 g/mol. The fourth-order valence-electron chi connectivity index (χ4n) is 0.636. The molecule has 0 unspecified atom stereocenters. The van der Waals surface area contributed by atoms with Crippen molar-refractivity contribution < 1.29 is 0 Å². The summed E-state index contributed by atoms with van der Waals surface area (Å²) in [4.78, 5) is 0. The highest BCUT2D eigenvalue weighted by Gasteiger charge is 2.17. The monoisotopic (exact) mass is 187 g/mol. The van der Waals surface area contributed by atoms with Crippen LogP contribution in [0.2, 0.25) is 0 Å². The lowest BCUT2D eigenvalue weighted by Crippen LogP contribution is -2.26. The quantitative estimate of drug-likeness (QED) is 0.736. The van der Waals surface area contributed by atoms with E-state index < -0.39 is 0 Å². The Bertz CT molecular complexity index is 204. The fourth-order valence-corrected chi connectivity index (χ4v) is 2.89. The number of rotatable bonds is 3. The molecule has 1 aromatic heterocycles. The topological polar surface area (TPSA) is 26.0 Å². The second-order valence-corrected chi connectivity index (χ2v) is 5.95. The first-order valence-electron chi connectivity index (χ1n) is 3.57. The Balaban J connectivity index is 2.56. The molecule has 0 saturated heterocycles. The second-order valence-electron chi connectivity index (χ2n) is 3.00. The van der Waals surface area contributed by atoms with Crippen molar-refractivity contribution in [2.45, 2.75) is 22.8 Å². The van der Waals surface area contributed by atoms with Crippen LogP contribution in [0.1, 0.15) is 13.8 Å². The Morgan fingerprint density at radius 2 is 2.36 bits per heavy atom. The van der Waals surface area contributed by atoms with Crippen LogP contribution in [-0.2, 0) is 0 Å². The van der Waals surface area contributed by atoms with Gasteiger partial charge in [-0.1, -0.05) is 6.07 Å². The van der Waals surface area contributed by atoms with Crippen LogP contribution >= 0.6 is 23.1 Å². The van der Waals surface area contributed by atoms with Gasteiger partial charge in [-0.2, -0.15) is 0 Å². The molecule has 0 amide bonds. The Kier molecular flexibility index (Phi) is 2.98. The minimum absolute atomic E-state index is 0.171. The highest BCUT2D eigenvalue weighted by Crippen LogP contribution is 2.34. The molecule has 0 fully saturated rings. The third kappa shape index (κ3) is 2.85. The number of thioether (sulfide) groups is 1. The molecule has 1 rings (SSSR count). The molecular weight excluding hydrogens is 174 g/mol. The third-order valence-electron chi connectivity index (χ3n) is 1.36. The summed E-state index contributed by atoms with van der Waals surface area (Å²) in [6, 6.07) is 4.20. The van der Waals surface area contributed by atoms with E-state index in [1.807, 2.05) is 11.8 Å². The summed E-state index contributed by atoms with van der Waals surface area (Å²) < 4.78 is 1.52. The smallest absolute Gasteiger partial charge is 0.0604 e. The van der Waals surface area contributed by atoms with Crippen LogP contribution in [-0.4, -0.2) is 11.3 Å². The largest absolute Gasteiger partial charge is 0.329 e. The van der Waals surface area contributed by atoms with Crippen molar-refractivity contribution in [2.24, 2.45) is 5.73 Å². The first-order valence-corrected chi connectivity index (χ1v) is 5.26. The Morgan fingerprint density at radius 3 is 2.82 bits per heavy atom. The lowest BCUT2D eigenvalue weighted by atomic mass is 10.2. The van der Waals surface area contributed by atoms with Gasteiger partial charge in [-0.3, -0.25) is 0 Å². The Labute approximate surface area is 76.0 Å². The first kappa shape index (κ1) is 9.10. The SMILES string of the molecule is CC(C)(CN)Sc1cccs1. The van der Waals surface area contributed by atoms with Crippen LogP contribution in [0.15, 0.2) is 21.7 Å². The van der Waals surface area contributed by atoms with Gasteiger partial charge < -0.3 is 5.73 Å². The zero-order valence-corrected chi connectivity index (χ0v) is 8.47. The van der Waals surface area contributed by atoms with Gasteiger partial charge in [0.1, 0.15) is 0 Å². The maximum atomic E-state index is 5.61. The molecule has 0 bridgehead atoms. The van der Waals surface area contributed by atoms with Crippen LogP contribution in [0.4, 0.5) is 0 Å². The molecule has 0 aliphatic carbocycles. The molecule has 0 saturated carbocycles. The molecule has 1 heterocycles. The average Bonchev–Trinajstić information content (AvgIpc) is 2.39. The molecule has 3 heteroatoms. The van der Waals surface area contributed by atoms with E-state index in [0.717, 1.165) is 6.54 Å². The highest BCUT2D eigenvalue weighted by molar-refractivity contribution is 8.02. The van der Waals surface area contributed by atoms with E-state index in [2.05, 4.69) is 31.4 Å². The van der Waals surface area contributed by atoms with Crippen molar-refractivity contribution in [3.63, 3.8) is 0 Å². The number of thiophene rings is 1. The molecule has 0 aromatic carbocycles. The maximum Gasteiger partial charge on any atom is 0.0604 e. The third-order valence-corrected chi connectivity index (χ3v) is 3.62. The summed E-state index contributed by atoms with van der Waals surface area (Å²) >= 11 is 3.62. The Morgan fingerprint density at radius 1 is 1.64 bits per heavy atom. The molecule has 0 atom stereocenters. The number of nitrogens with two attached hydrogens (primary N) is 1. The van der Waals surface area contributed by atoms with E-state index in [4.69, 9.17) is 5.73 Å². The molecule has 0 aliphatic rings. The van der Waals surface area contributed by atoms with Gasteiger partial charge in [-0.25, -0.2) is 0 Å². The molecule has 1 aromatic rings. The van der Waals surface area contributed by atoms with Crippen LogP contribution in [0, 0.1) is 0 Å². The van der Waals surface area contributed by atoms with E-state index in [9.17, 15) is 0 Å². The minimum Gasteiger partial charge on any atom is -0.329 e. The summed E-state index contributed by atoms with van der Waals surface area (Å²) in [5.41, 5.74) is 5.61. The number of hydrogen-bond donors (Lipinski definition) is 1. The van der Waals surface area contributed by atoms with Gasteiger partial charge in [0.15, 0.2) is 0 Å². The molecule has 11 heavy (non-hydrogen) atoms. The summed E-state index contributed by atoms with van der Waals surface area (Å²) in [5, 5.41) is 2.09. The zero-order valence-electron chi connectivity index (χ0n) is 6.83. The maximum absolute atomic E-state index is 5.61. The molecule has 62 valence electrons. The normalized spacial score (nSPS) is 11.9. The van der Waals surface area contributed by atoms with Gasteiger partial charge in [0.25, 0.3) is 0 Å². The van der Waals surface area contributed by atoms with Crippen molar-refractivity contribution >= 4 is 23.1 Å². The van der Waals surface area contributed by atoms with Gasteiger partial charge in [0.05, 0.1) is 4.21 Å². The van der Waals surface area contributed by atoms with E-state index in [-0.39, 0.29) is 4.75 Å². The van der Waals surface area contributed by atoms with Crippen LogP contribution in [0.3, 0.4) is 0 Å². The van der Waals surface area contributed by atoms with Crippen molar-refractivity contribution in [1.82, 2.24) is 0 Å². The van der Waals surface area contributed by atoms with E-state index in [1.54, 1.807) is 11.3 Å². The minimum atomic E-state index is 0.171. The predicted octanol–water partition coefficient (Wildman–Crippen LogP) is 2.58. The van der Waals surface area contributed by atoms with Gasteiger partial charge in [0, 0.05) is 11.3 Å². The lowest BCUT2D eigenvalue weighted by Gasteiger charge is -2.19. The summed E-state index contributed by atoms with van der Waals surface area (Å²) in [6.07, 6.45) is 0. The molecule has 0 aliphatic heterocycles. The van der Waals surface area contributed by atoms with Crippen LogP contribution in [0.25, 0.3) is 0 Å². The van der Waals surface area contributed by atoms with Gasteiger partial charge in [0.2, 0.25) is 0 Å². The first-order chi connectivity index (χ1) is 5.14. The van der Waals surface area contributed by atoms with Crippen molar-refractivity contribution in [3.8, 4) is 0 Å². The number of hydrogen-bond acceptors (Lipinski definition) is 3. The fraction of sp³-hybridized carbons (Fsp3) is 0.500. The highest BCUT2D eigenvalue weighted by atomic mass is 32.2. The second kappa shape index (κ2) is 3.61. The van der Waals surface area contributed by atoms with Crippen molar-refractivity contribution in [1.29, 1.82) is 0 Å². The predicted molar refractivity (Wildman–Crippen MR) is 53.3 cm³/mol. The lowest BCUT2D eigenvalue weighted by molar-refractivity contribution is 0.724. The van der Waals surface area contributed by atoms with Gasteiger partial charge in [-0.15, -0.1) is 23.1 Å². The van der Waals surface area contributed by atoms with E-state index in [0.29, 0.717) is 0 Å². The van der Waals surface area contributed by atoms with Crippen LogP contribution in [0.5, 0.6) is 0 Å². The van der Waals surface area contributed by atoms with E-state index >= 15 is 0 Å². The molecule has 0 radical (unpaired) electrons.